The van der Waals surface area contributed by atoms with Gasteiger partial charge in [-0.2, -0.15) is 0 Å². The molecule has 152 valence electrons. The van der Waals surface area contributed by atoms with Crippen LogP contribution in [0.1, 0.15) is 40.5 Å². The molecule has 2 aromatic rings. The van der Waals surface area contributed by atoms with Crippen molar-refractivity contribution in [2.75, 3.05) is 6.61 Å². The second-order valence-corrected chi connectivity index (χ2v) is 9.19. The van der Waals surface area contributed by atoms with Gasteiger partial charge in [0.25, 0.3) is 0 Å². The third-order valence-corrected chi connectivity index (χ3v) is 7.00. The van der Waals surface area contributed by atoms with Gasteiger partial charge in [0.2, 0.25) is 0 Å². The van der Waals surface area contributed by atoms with Crippen LogP contribution in [0, 0.1) is 22.7 Å². The third-order valence-electron chi connectivity index (χ3n) is 7.00. The van der Waals surface area contributed by atoms with Gasteiger partial charge < -0.3 is 9.15 Å². The summed E-state index contributed by atoms with van der Waals surface area (Å²) in [6.07, 6.45) is 2.86. The highest BCUT2D eigenvalue weighted by atomic mass is 16.5. The molecule has 5 heteroatoms. The Labute approximate surface area is 169 Å². The van der Waals surface area contributed by atoms with E-state index in [2.05, 4.69) is 6.92 Å². The molecule has 1 aromatic heterocycles. The third kappa shape index (κ3) is 3.13. The van der Waals surface area contributed by atoms with Crippen LogP contribution in [-0.2, 0) is 9.59 Å². The molecular weight excluding hydrogens is 368 g/mol. The van der Waals surface area contributed by atoms with E-state index in [1.54, 1.807) is 18.2 Å². The van der Waals surface area contributed by atoms with Crippen LogP contribution in [0.5, 0.6) is 5.75 Å². The monoisotopic (exact) mass is 394 g/mol. The molecule has 0 saturated heterocycles. The molecule has 3 atom stereocenters. The van der Waals surface area contributed by atoms with Crippen LogP contribution >= 0.6 is 0 Å². The lowest BCUT2D eigenvalue weighted by atomic mass is 9.48. The van der Waals surface area contributed by atoms with Gasteiger partial charge in [0.15, 0.2) is 5.78 Å². The summed E-state index contributed by atoms with van der Waals surface area (Å²) in [5.74, 6) is 0.499. The highest BCUT2D eigenvalue weighted by Crippen LogP contribution is 2.57. The van der Waals surface area contributed by atoms with E-state index in [4.69, 9.17) is 9.15 Å². The fraction of sp³-hybridized carbons (Fsp3) is 0.458. The number of hydrogen-bond acceptors (Lipinski definition) is 5. The first-order chi connectivity index (χ1) is 13.6. The maximum absolute atomic E-state index is 12.9. The first kappa shape index (κ1) is 19.6. The molecule has 1 saturated carbocycles. The van der Waals surface area contributed by atoms with Crippen molar-refractivity contribution >= 4 is 22.5 Å². The Morgan fingerprint density at radius 2 is 1.83 bits per heavy atom. The lowest BCUT2D eigenvalue weighted by molar-refractivity contribution is -0.153. The second kappa shape index (κ2) is 6.68. The minimum atomic E-state index is -0.675. The Balaban J connectivity index is 1.64. The molecule has 0 spiro atoms. The summed E-state index contributed by atoms with van der Waals surface area (Å²) in [6, 6.07) is 8.54. The topological polar surface area (TPSA) is 73.6 Å². The highest BCUT2D eigenvalue weighted by Gasteiger charge is 2.58. The number of ketones is 2. The van der Waals surface area contributed by atoms with Crippen LogP contribution in [0.3, 0.4) is 0 Å². The Morgan fingerprint density at radius 3 is 2.59 bits per heavy atom. The fourth-order valence-corrected chi connectivity index (χ4v) is 5.45. The Kier molecular flexibility index (Phi) is 4.52. The molecule has 0 N–H and O–H groups in total. The van der Waals surface area contributed by atoms with Gasteiger partial charge in [-0.15, -0.1) is 0 Å². The van der Waals surface area contributed by atoms with Crippen molar-refractivity contribution in [2.24, 2.45) is 22.7 Å². The van der Waals surface area contributed by atoms with Gasteiger partial charge in [-0.3, -0.25) is 9.59 Å². The summed E-state index contributed by atoms with van der Waals surface area (Å²) in [5.41, 5.74) is 0.0623. The summed E-state index contributed by atoms with van der Waals surface area (Å²) < 4.78 is 11.4. The molecule has 1 unspecified atom stereocenters. The molecule has 1 aromatic carbocycles. The van der Waals surface area contributed by atoms with E-state index in [1.807, 2.05) is 32.9 Å². The van der Waals surface area contributed by atoms with Gasteiger partial charge in [-0.25, -0.2) is 4.79 Å². The predicted molar refractivity (Wildman–Crippen MR) is 110 cm³/mol. The van der Waals surface area contributed by atoms with E-state index in [1.165, 1.54) is 6.07 Å². The van der Waals surface area contributed by atoms with Crippen molar-refractivity contribution in [3.63, 3.8) is 0 Å². The summed E-state index contributed by atoms with van der Waals surface area (Å²) >= 11 is 0. The Hall–Kier alpha value is -2.69. The normalized spacial score (nSPS) is 28.8. The standard InChI is InChI=1S/C24H26O5/c1-14-11-18(25)22-23(2,3)20(26)9-10-24(22,4)17(14)13-28-16-7-5-15-6-8-21(27)29-19(15)12-16/h5-8,11-12,17,22H,9-10,13H2,1-4H3/t17-,22?,24+/m1/s1. The van der Waals surface area contributed by atoms with Gasteiger partial charge in [0.1, 0.15) is 17.1 Å². The summed E-state index contributed by atoms with van der Waals surface area (Å²) in [5, 5.41) is 0.829. The lowest BCUT2D eigenvalue weighted by Gasteiger charge is -2.54. The number of allylic oxidation sites excluding steroid dienone is 1. The van der Waals surface area contributed by atoms with Gasteiger partial charge in [-0.1, -0.05) is 26.3 Å². The molecule has 0 aliphatic heterocycles. The maximum Gasteiger partial charge on any atom is 0.336 e. The number of fused-ring (bicyclic) bond motifs is 2. The van der Waals surface area contributed by atoms with Crippen molar-refractivity contribution in [1.29, 1.82) is 0 Å². The quantitative estimate of drug-likeness (QED) is 0.725. The molecule has 0 radical (unpaired) electrons. The van der Waals surface area contributed by atoms with Crippen molar-refractivity contribution in [1.82, 2.24) is 0 Å². The Morgan fingerprint density at radius 1 is 1.10 bits per heavy atom. The largest absolute Gasteiger partial charge is 0.493 e. The lowest BCUT2D eigenvalue weighted by Crippen LogP contribution is -2.56. The zero-order chi connectivity index (χ0) is 21.0. The zero-order valence-corrected chi connectivity index (χ0v) is 17.3. The van der Waals surface area contributed by atoms with E-state index in [9.17, 15) is 14.4 Å². The molecule has 4 rings (SSSR count). The minimum absolute atomic E-state index is 0.0241. The first-order valence-corrected chi connectivity index (χ1v) is 10.0. The van der Waals surface area contributed by atoms with Gasteiger partial charge in [-0.05, 0) is 43.0 Å². The van der Waals surface area contributed by atoms with Crippen molar-refractivity contribution in [2.45, 2.75) is 40.5 Å². The highest BCUT2D eigenvalue weighted by molar-refractivity contribution is 6.00. The van der Waals surface area contributed by atoms with E-state index >= 15 is 0 Å². The molecule has 29 heavy (non-hydrogen) atoms. The fourth-order valence-electron chi connectivity index (χ4n) is 5.45. The average Bonchev–Trinajstić information content (AvgIpc) is 2.64. The molecule has 5 nitrogen and oxygen atoms in total. The number of ether oxygens (including phenoxy) is 1. The number of hydrogen-bond donors (Lipinski definition) is 0. The molecule has 1 fully saturated rings. The van der Waals surface area contributed by atoms with Crippen LogP contribution in [0.4, 0.5) is 0 Å². The van der Waals surface area contributed by atoms with Crippen LogP contribution in [-0.4, -0.2) is 18.2 Å². The first-order valence-electron chi connectivity index (χ1n) is 10.0. The molecule has 2 aliphatic carbocycles. The van der Waals surface area contributed by atoms with Gasteiger partial charge in [0.05, 0.1) is 6.61 Å². The van der Waals surface area contributed by atoms with E-state index in [-0.39, 0.29) is 28.8 Å². The molecule has 1 heterocycles. The molecule has 0 amide bonds. The summed E-state index contributed by atoms with van der Waals surface area (Å²) in [7, 11) is 0. The smallest absolute Gasteiger partial charge is 0.336 e. The maximum atomic E-state index is 12.9. The minimum Gasteiger partial charge on any atom is -0.493 e. The second-order valence-electron chi connectivity index (χ2n) is 9.19. The van der Waals surface area contributed by atoms with E-state index in [0.717, 1.165) is 11.0 Å². The number of benzene rings is 1. The van der Waals surface area contributed by atoms with Crippen molar-refractivity contribution in [3.05, 3.63) is 52.4 Å². The average molecular weight is 394 g/mol. The van der Waals surface area contributed by atoms with Crippen LogP contribution in [0.2, 0.25) is 0 Å². The van der Waals surface area contributed by atoms with Crippen molar-refractivity contribution < 1.29 is 18.7 Å². The number of rotatable bonds is 3. The zero-order valence-electron chi connectivity index (χ0n) is 17.3. The van der Waals surface area contributed by atoms with Crippen LogP contribution < -0.4 is 10.4 Å². The Bertz CT molecular complexity index is 1090. The van der Waals surface area contributed by atoms with Gasteiger partial charge >= 0.3 is 5.63 Å². The van der Waals surface area contributed by atoms with E-state index in [0.29, 0.717) is 30.8 Å². The summed E-state index contributed by atoms with van der Waals surface area (Å²) in [4.78, 5) is 36.9. The number of Topliss-reactive ketones (excluding diaryl/α,β-unsaturated/α-hetero) is 1. The molecule has 2 aliphatic rings. The van der Waals surface area contributed by atoms with Crippen LogP contribution in [0.15, 0.2) is 51.2 Å². The SMILES string of the molecule is CC1=CC(=O)C2C(C)(C)C(=O)CC[C@@]2(C)[C@@H]1COc1ccc2ccc(=O)oc2c1. The predicted octanol–water partition coefficient (Wildman–Crippen LogP) is 4.33. The number of carbonyl (C=O) groups is 2. The van der Waals surface area contributed by atoms with Gasteiger partial charge in [0, 0.05) is 41.2 Å². The molecular formula is C24H26O5. The van der Waals surface area contributed by atoms with Crippen molar-refractivity contribution in [3.8, 4) is 5.75 Å². The summed E-state index contributed by atoms with van der Waals surface area (Å²) in [6.45, 7) is 8.28. The van der Waals surface area contributed by atoms with E-state index < -0.39 is 11.0 Å². The molecule has 0 bridgehead atoms. The van der Waals surface area contributed by atoms with Crippen LogP contribution in [0.25, 0.3) is 11.0 Å². The number of carbonyl (C=O) groups excluding carboxylic acids is 2.